The molecule has 1 atom stereocenters. The molecule has 1 N–H and O–H groups in total. The van der Waals surface area contributed by atoms with E-state index >= 15 is 0 Å². The van der Waals surface area contributed by atoms with Crippen LogP contribution in [-0.2, 0) is 0 Å². The van der Waals surface area contributed by atoms with E-state index < -0.39 is 0 Å². The highest BCUT2D eigenvalue weighted by Gasteiger charge is 2.30. The number of likely N-dealkylation sites (N-methyl/N-ethyl adjacent to an activating group) is 1. The number of nitrogens with zero attached hydrogens (tertiary/aromatic N) is 3. The molecule has 1 unspecified atom stereocenters. The average Bonchev–Trinajstić information content (AvgIpc) is 3.51. The molecule has 0 bridgehead atoms. The number of carbonyl (C=O) groups is 1. The summed E-state index contributed by atoms with van der Waals surface area (Å²) in [4.78, 5) is 20.1. The first kappa shape index (κ1) is 18.7. The van der Waals surface area contributed by atoms with Gasteiger partial charge >= 0.3 is 0 Å². The topological polar surface area (TPSA) is 49.6 Å². The van der Waals surface area contributed by atoms with Crippen molar-refractivity contribution in [2.45, 2.75) is 38.6 Å². The molecule has 146 valence electrons. The Hall–Kier alpha value is -2.66. The van der Waals surface area contributed by atoms with Gasteiger partial charge in [-0.3, -0.25) is 9.69 Å². The molecule has 1 fully saturated rings. The molecule has 1 aromatic carbocycles. The van der Waals surface area contributed by atoms with Crippen LogP contribution in [0.5, 0.6) is 0 Å². The molecule has 0 saturated heterocycles. The number of carbonyl (C=O) groups excluding carboxylic acids is 1. The standard InChI is InChI=1S/C23H28N4O/c1-3-26(4-2)20(17-10-6-5-7-11-17)16-24-23(28)21-19-12-8-9-15-27(19)22(25-21)18-13-14-18/h5-12,15,18,20H,3-4,13-14,16H2,1-2H3,(H,24,28). The summed E-state index contributed by atoms with van der Waals surface area (Å²) in [5, 5.41) is 3.16. The lowest BCUT2D eigenvalue weighted by Crippen LogP contribution is -2.38. The van der Waals surface area contributed by atoms with Crippen molar-refractivity contribution < 1.29 is 4.79 Å². The maximum absolute atomic E-state index is 13.0. The van der Waals surface area contributed by atoms with Crippen molar-refractivity contribution in [1.29, 1.82) is 0 Å². The van der Waals surface area contributed by atoms with Crippen LogP contribution in [0.25, 0.3) is 5.52 Å². The molecule has 5 nitrogen and oxygen atoms in total. The van der Waals surface area contributed by atoms with Crippen molar-refractivity contribution in [2.75, 3.05) is 19.6 Å². The number of imidazole rings is 1. The molecule has 28 heavy (non-hydrogen) atoms. The Balaban J connectivity index is 1.57. The summed E-state index contributed by atoms with van der Waals surface area (Å²) in [5.74, 6) is 1.41. The van der Waals surface area contributed by atoms with Crippen LogP contribution < -0.4 is 5.32 Å². The van der Waals surface area contributed by atoms with Gasteiger partial charge in [0.15, 0.2) is 5.69 Å². The maximum Gasteiger partial charge on any atom is 0.272 e. The van der Waals surface area contributed by atoms with Crippen LogP contribution in [0.4, 0.5) is 0 Å². The van der Waals surface area contributed by atoms with Gasteiger partial charge in [0.1, 0.15) is 5.82 Å². The van der Waals surface area contributed by atoms with E-state index in [0.717, 1.165) is 37.3 Å². The zero-order valence-corrected chi connectivity index (χ0v) is 16.6. The fraction of sp³-hybridized carbons (Fsp3) is 0.391. The second kappa shape index (κ2) is 8.15. The third kappa shape index (κ3) is 3.67. The van der Waals surface area contributed by atoms with Gasteiger partial charge in [0.25, 0.3) is 5.91 Å². The Labute approximate surface area is 166 Å². The van der Waals surface area contributed by atoms with E-state index in [1.165, 1.54) is 5.56 Å². The number of rotatable bonds is 8. The van der Waals surface area contributed by atoms with Crippen LogP contribution in [0.3, 0.4) is 0 Å². The van der Waals surface area contributed by atoms with Crippen molar-refractivity contribution in [1.82, 2.24) is 19.6 Å². The summed E-state index contributed by atoms with van der Waals surface area (Å²) < 4.78 is 2.08. The fourth-order valence-corrected chi connectivity index (χ4v) is 3.93. The third-order valence-electron chi connectivity index (χ3n) is 5.63. The van der Waals surface area contributed by atoms with Gasteiger partial charge in [-0.1, -0.05) is 50.2 Å². The second-order valence-electron chi connectivity index (χ2n) is 7.41. The number of fused-ring (bicyclic) bond motifs is 1. The SMILES string of the molecule is CCN(CC)C(CNC(=O)c1nc(C2CC2)n2ccccc12)c1ccccc1. The first-order valence-corrected chi connectivity index (χ1v) is 10.3. The normalized spacial score (nSPS) is 15.1. The lowest BCUT2D eigenvalue weighted by Gasteiger charge is -2.30. The average molecular weight is 377 g/mol. The van der Waals surface area contributed by atoms with Gasteiger partial charge in [0.05, 0.1) is 11.6 Å². The van der Waals surface area contributed by atoms with Gasteiger partial charge in [0.2, 0.25) is 0 Å². The number of nitrogens with one attached hydrogen (secondary N) is 1. The van der Waals surface area contributed by atoms with Crippen LogP contribution >= 0.6 is 0 Å². The predicted molar refractivity (Wildman–Crippen MR) is 112 cm³/mol. The summed E-state index contributed by atoms with van der Waals surface area (Å²) in [7, 11) is 0. The molecular formula is C23H28N4O. The summed E-state index contributed by atoms with van der Waals surface area (Å²) in [6, 6.07) is 16.5. The number of amides is 1. The Morgan fingerprint density at radius 2 is 1.86 bits per heavy atom. The van der Waals surface area contributed by atoms with E-state index in [1.54, 1.807) is 0 Å². The minimum absolute atomic E-state index is 0.0938. The van der Waals surface area contributed by atoms with Gasteiger partial charge in [-0.15, -0.1) is 0 Å². The zero-order valence-electron chi connectivity index (χ0n) is 16.6. The summed E-state index contributed by atoms with van der Waals surface area (Å²) >= 11 is 0. The molecular weight excluding hydrogens is 348 g/mol. The van der Waals surface area contributed by atoms with Crippen LogP contribution in [0.15, 0.2) is 54.7 Å². The molecule has 5 heteroatoms. The highest BCUT2D eigenvalue weighted by molar-refractivity contribution is 5.99. The molecule has 0 spiro atoms. The van der Waals surface area contributed by atoms with Crippen LogP contribution in [0.2, 0.25) is 0 Å². The third-order valence-corrected chi connectivity index (χ3v) is 5.63. The summed E-state index contributed by atoms with van der Waals surface area (Å²) in [5.41, 5.74) is 2.65. The predicted octanol–water partition coefficient (Wildman–Crippen LogP) is 4.02. The number of hydrogen-bond donors (Lipinski definition) is 1. The molecule has 1 saturated carbocycles. The van der Waals surface area contributed by atoms with Crippen LogP contribution in [0.1, 0.15) is 60.5 Å². The van der Waals surface area contributed by atoms with Crippen molar-refractivity contribution in [3.8, 4) is 0 Å². The monoisotopic (exact) mass is 376 g/mol. The number of pyridine rings is 1. The van der Waals surface area contributed by atoms with Crippen molar-refractivity contribution >= 4 is 11.4 Å². The molecule has 1 amide bonds. The van der Waals surface area contributed by atoms with Gasteiger partial charge in [0, 0.05) is 18.7 Å². The minimum Gasteiger partial charge on any atom is -0.349 e. The summed E-state index contributed by atoms with van der Waals surface area (Å²) in [6.07, 6.45) is 4.33. The number of aromatic nitrogens is 2. The fourth-order valence-electron chi connectivity index (χ4n) is 3.93. The van der Waals surface area contributed by atoms with E-state index in [2.05, 4.69) is 52.7 Å². The molecule has 2 heterocycles. The van der Waals surface area contributed by atoms with Crippen molar-refractivity contribution in [3.63, 3.8) is 0 Å². The quantitative estimate of drug-likeness (QED) is 0.646. The van der Waals surface area contributed by atoms with E-state index in [1.807, 2.05) is 30.5 Å². The number of benzene rings is 1. The van der Waals surface area contributed by atoms with E-state index in [9.17, 15) is 4.79 Å². The Kier molecular flexibility index (Phi) is 5.44. The second-order valence-corrected chi connectivity index (χ2v) is 7.41. The van der Waals surface area contributed by atoms with Gasteiger partial charge in [-0.2, -0.15) is 0 Å². The van der Waals surface area contributed by atoms with E-state index in [4.69, 9.17) is 4.98 Å². The first-order chi connectivity index (χ1) is 13.7. The smallest absolute Gasteiger partial charge is 0.272 e. The molecule has 0 aliphatic heterocycles. The highest BCUT2D eigenvalue weighted by atomic mass is 16.1. The lowest BCUT2D eigenvalue weighted by atomic mass is 10.0. The van der Waals surface area contributed by atoms with Gasteiger partial charge in [-0.25, -0.2) is 4.98 Å². The minimum atomic E-state index is -0.0938. The molecule has 0 radical (unpaired) electrons. The molecule has 1 aliphatic carbocycles. The maximum atomic E-state index is 13.0. The summed E-state index contributed by atoms with van der Waals surface area (Å²) in [6.45, 7) is 6.75. The van der Waals surface area contributed by atoms with Crippen molar-refractivity contribution in [2.24, 2.45) is 0 Å². The zero-order chi connectivity index (χ0) is 19.5. The van der Waals surface area contributed by atoms with Gasteiger partial charge < -0.3 is 9.72 Å². The van der Waals surface area contributed by atoms with Gasteiger partial charge in [-0.05, 0) is 43.6 Å². The van der Waals surface area contributed by atoms with Crippen molar-refractivity contribution in [3.05, 3.63) is 71.8 Å². The Morgan fingerprint density at radius 3 is 2.54 bits per heavy atom. The largest absolute Gasteiger partial charge is 0.349 e. The Bertz CT molecular complexity index is 942. The highest BCUT2D eigenvalue weighted by Crippen LogP contribution is 2.40. The van der Waals surface area contributed by atoms with E-state index in [0.29, 0.717) is 18.2 Å². The van der Waals surface area contributed by atoms with E-state index in [-0.39, 0.29) is 11.9 Å². The number of hydrogen-bond acceptors (Lipinski definition) is 3. The Morgan fingerprint density at radius 1 is 1.14 bits per heavy atom. The van der Waals surface area contributed by atoms with Crippen LogP contribution in [0, 0.1) is 0 Å². The molecule has 3 aromatic rings. The first-order valence-electron chi connectivity index (χ1n) is 10.3. The molecule has 1 aliphatic rings. The van der Waals surface area contributed by atoms with Crippen LogP contribution in [-0.4, -0.2) is 39.8 Å². The molecule has 2 aromatic heterocycles. The lowest BCUT2D eigenvalue weighted by molar-refractivity contribution is 0.0932. The molecule has 4 rings (SSSR count).